The van der Waals surface area contributed by atoms with E-state index in [0.717, 1.165) is 36.5 Å². The fourth-order valence-electron chi connectivity index (χ4n) is 3.53. The lowest BCUT2D eigenvalue weighted by molar-refractivity contribution is 0.140. The first-order chi connectivity index (χ1) is 15.6. The molecule has 1 aliphatic rings. The molecule has 4 rings (SSSR count). The van der Waals surface area contributed by atoms with Crippen molar-refractivity contribution in [3.05, 3.63) is 59.8 Å². The number of nitrogens with zero attached hydrogens (tertiary/aromatic N) is 5. The zero-order valence-corrected chi connectivity index (χ0v) is 17.8. The Kier molecular flexibility index (Phi) is 6.68. The Morgan fingerprint density at radius 1 is 1.25 bits per heavy atom. The highest BCUT2D eigenvalue weighted by molar-refractivity contribution is 5.59. The van der Waals surface area contributed by atoms with E-state index in [0.29, 0.717) is 30.5 Å². The maximum absolute atomic E-state index is 9.78. The monoisotopic (exact) mass is 425 g/mol. The molecule has 1 aliphatic heterocycles. The lowest BCUT2D eigenvalue weighted by Crippen LogP contribution is -2.46. The van der Waals surface area contributed by atoms with Gasteiger partial charge < -0.3 is 14.2 Å². The van der Waals surface area contributed by atoms with Crippen molar-refractivity contribution in [2.45, 2.75) is 26.0 Å². The fraction of sp³-hybridized carbons (Fsp3) is 0.320. The van der Waals surface area contributed by atoms with Crippen molar-refractivity contribution in [1.82, 2.24) is 19.6 Å². The van der Waals surface area contributed by atoms with Crippen molar-refractivity contribution in [2.24, 2.45) is 5.92 Å². The van der Waals surface area contributed by atoms with Crippen LogP contribution in [0, 0.1) is 40.9 Å². The minimum Gasteiger partial charge on any atom is -0.385 e. The molecular weight excluding hydrogens is 402 g/mol. The highest BCUT2D eigenvalue weighted by atomic mass is 16.5. The smallest absolute Gasteiger partial charge is 0.167 e. The first kappa shape index (κ1) is 21.4. The van der Waals surface area contributed by atoms with E-state index >= 15 is 0 Å². The molecule has 0 aliphatic carbocycles. The molecule has 1 N–H and O–H groups in total. The summed E-state index contributed by atoms with van der Waals surface area (Å²) in [5.41, 5.74) is 2.54. The number of imidazole rings is 1. The van der Waals surface area contributed by atoms with Crippen LogP contribution in [0.2, 0.25) is 0 Å². The maximum Gasteiger partial charge on any atom is 0.167 e. The van der Waals surface area contributed by atoms with Gasteiger partial charge in [-0.2, -0.15) is 5.26 Å². The molecule has 7 heteroatoms. The van der Waals surface area contributed by atoms with Gasteiger partial charge in [0, 0.05) is 61.6 Å². The minimum absolute atomic E-state index is 0.352. The number of likely N-dealkylation sites (tertiary alicyclic amines) is 1. The van der Waals surface area contributed by atoms with Gasteiger partial charge >= 0.3 is 0 Å². The molecule has 1 aromatic carbocycles. The molecule has 7 nitrogen and oxygen atoms in total. The summed E-state index contributed by atoms with van der Waals surface area (Å²) in [7, 11) is 0. The highest BCUT2D eigenvalue weighted by Gasteiger charge is 2.23. The number of nitriles is 1. The number of hydrogen-bond donors (Lipinski definition) is 1. The molecule has 1 fully saturated rings. The van der Waals surface area contributed by atoms with E-state index in [2.05, 4.69) is 44.8 Å². The van der Waals surface area contributed by atoms with Crippen LogP contribution in [0.25, 0.3) is 11.3 Å². The van der Waals surface area contributed by atoms with Crippen molar-refractivity contribution in [1.29, 1.82) is 5.26 Å². The molecular formula is C25H23N5O2. The fourth-order valence-corrected chi connectivity index (χ4v) is 3.53. The molecule has 0 spiro atoms. The first-order valence-corrected chi connectivity index (χ1v) is 10.5. The van der Waals surface area contributed by atoms with E-state index in [1.165, 1.54) is 0 Å². The summed E-state index contributed by atoms with van der Waals surface area (Å²) in [4.78, 5) is 6.40. The lowest BCUT2D eigenvalue weighted by atomic mass is 10.0. The first-order valence-electron chi connectivity index (χ1n) is 10.5. The largest absolute Gasteiger partial charge is 0.385 e. The summed E-state index contributed by atoms with van der Waals surface area (Å²) in [6, 6.07) is 11.8. The van der Waals surface area contributed by atoms with Crippen molar-refractivity contribution in [3.63, 3.8) is 0 Å². The molecule has 160 valence electrons. The summed E-state index contributed by atoms with van der Waals surface area (Å²) in [5, 5.41) is 22.5. The number of rotatable bonds is 6. The Balaban J connectivity index is 1.32. The molecule has 3 heterocycles. The van der Waals surface area contributed by atoms with E-state index in [1.807, 2.05) is 41.1 Å². The SMILES string of the molecule is C[C@H](O)c1nccn1Cc1cc(-c2ccc(C#CC#CC3CN(CCC#N)C3)cc2)on1. The second-order valence-electron chi connectivity index (χ2n) is 7.73. The van der Waals surface area contributed by atoms with Crippen molar-refractivity contribution in [3.8, 4) is 41.1 Å². The van der Waals surface area contributed by atoms with Gasteiger partial charge in [0.15, 0.2) is 5.76 Å². The topological polar surface area (TPSA) is 91.1 Å². The van der Waals surface area contributed by atoms with Crippen LogP contribution in [0.15, 0.2) is 47.2 Å². The minimum atomic E-state index is -0.646. The quantitative estimate of drug-likeness (QED) is 0.611. The van der Waals surface area contributed by atoms with Gasteiger partial charge in [-0.15, -0.1) is 0 Å². The Morgan fingerprint density at radius 2 is 2.06 bits per heavy atom. The average Bonchev–Trinajstić information content (AvgIpc) is 3.42. The van der Waals surface area contributed by atoms with Gasteiger partial charge in [0.25, 0.3) is 0 Å². The molecule has 0 amide bonds. The van der Waals surface area contributed by atoms with E-state index in [-0.39, 0.29) is 0 Å². The normalized spacial score (nSPS) is 14.4. The zero-order valence-electron chi connectivity index (χ0n) is 17.8. The Morgan fingerprint density at radius 3 is 2.81 bits per heavy atom. The Labute approximate surface area is 187 Å². The Bertz CT molecular complexity index is 1220. The molecule has 1 atom stereocenters. The van der Waals surface area contributed by atoms with Crippen LogP contribution in [0.4, 0.5) is 0 Å². The summed E-state index contributed by atoms with van der Waals surface area (Å²) in [6.45, 7) is 4.83. The van der Waals surface area contributed by atoms with Crippen LogP contribution in [0.5, 0.6) is 0 Å². The number of hydrogen-bond acceptors (Lipinski definition) is 6. The summed E-state index contributed by atoms with van der Waals surface area (Å²) in [5.74, 6) is 13.7. The average molecular weight is 425 g/mol. The number of benzene rings is 1. The van der Waals surface area contributed by atoms with Gasteiger partial charge in [-0.1, -0.05) is 17.0 Å². The third-order valence-corrected chi connectivity index (χ3v) is 5.22. The molecule has 3 aromatic rings. The number of aliphatic hydroxyl groups is 1. The van der Waals surface area contributed by atoms with Crippen molar-refractivity contribution < 1.29 is 9.63 Å². The molecule has 1 saturated heterocycles. The van der Waals surface area contributed by atoms with Gasteiger partial charge in [-0.05, 0) is 43.0 Å². The maximum atomic E-state index is 9.78. The van der Waals surface area contributed by atoms with Gasteiger partial charge in [0.05, 0.1) is 12.6 Å². The molecule has 2 aromatic heterocycles. The molecule has 0 radical (unpaired) electrons. The zero-order chi connectivity index (χ0) is 22.3. The van der Waals surface area contributed by atoms with E-state index in [1.54, 1.807) is 13.1 Å². The van der Waals surface area contributed by atoms with E-state index in [9.17, 15) is 5.11 Å². The van der Waals surface area contributed by atoms with E-state index < -0.39 is 6.10 Å². The Hall–Kier alpha value is -3.83. The summed E-state index contributed by atoms with van der Waals surface area (Å²) in [6.07, 6.45) is 3.39. The summed E-state index contributed by atoms with van der Waals surface area (Å²) >= 11 is 0. The van der Waals surface area contributed by atoms with Gasteiger partial charge in [0.2, 0.25) is 0 Å². The standard InChI is InChI=1S/C25H23N5O2/c1-19(31)25-27-12-14-30(25)18-23-15-24(32-28-23)22-9-7-20(8-10-22)5-2-3-6-21-16-29(17-21)13-4-11-26/h7-10,12,14-15,19,21,31H,4,13,16-18H2,1H3/t19-/m0/s1. The van der Waals surface area contributed by atoms with Crippen LogP contribution < -0.4 is 0 Å². The molecule has 32 heavy (non-hydrogen) atoms. The van der Waals surface area contributed by atoms with Crippen LogP contribution in [-0.4, -0.2) is 44.3 Å². The van der Waals surface area contributed by atoms with Crippen LogP contribution >= 0.6 is 0 Å². The molecule has 0 unspecified atom stereocenters. The van der Waals surface area contributed by atoms with Gasteiger partial charge in [0.1, 0.15) is 17.6 Å². The van der Waals surface area contributed by atoms with Crippen LogP contribution in [0.3, 0.4) is 0 Å². The summed E-state index contributed by atoms with van der Waals surface area (Å²) < 4.78 is 7.34. The third kappa shape index (κ3) is 5.25. The van der Waals surface area contributed by atoms with Crippen LogP contribution in [0.1, 0.15) is 36.5 Å². The molecule has 0 saturated carbocycles. The van der Waals surface area contributed by atoms with Gasteiger partial charge in [-0.3, -0.25) is 4.90 Å². The predicted molar refractivity (Wildman–Crippen MR) is 119 cm³/mol. The number of aliphatic hydroxyl groups excluding tert-OH is 1. The lowest BCUT2D eigenvalue weighted by Gasteiger charge is -2.35. The van der Waals surface area contributed by atoms with E-state index in [4.69, 9.17) is 9.78 Å². The van der Waals surface area contributed by atoms with Gasteiger partial charge in [-0.25, -0.2) is 4.98 Å². The second-order valence-corrected chi connectivity index (χ2v) is 7.73. The number of aromatic nitrogens is 3. The van der Waals surface area contributed by atoms with Crippen molar-refractivity contribution in [2.75, 3.05) is 19.6 Å². The predicted octanol–water partition coefficient (Wildman–Crippen LogP) is 2.84. The molecule has 0 bridgehead atoms. The third-order valence-electron chi connectivity index (χ3n) is 5.22. The second kappa shape index (κ2) is 9.98. The highest BCUT2D eigenvalue weighted by Crippen LogP contribution is 2.22. The van der Waals surface area contributed by atoms with Crippen LogP contribution in [-0.2, 0) is 6.54 Å². The van der Waals surface area contributed by atoms with Crippen molar-refractivity contribution >= 4 is 0 Å².